The van der Waals surface area contributed by atoms with Crippen LogP contribution < -0.4 is 10.1 Å². The summed E-state index contributed by atoms with van der Waals surface area (Å²) in [7, 11) is 1.82. The van der Waals surface area contributed by atoms with Crippen LogP contribution in [-0.2, 0) is 11.8 Å². The number of hydrogen-bond acceptors (Lipinski definition) is 8. The molecule has 38 heavy (non-hydrogen) atoms. The van der Waals surface area contributed by atoms with Gasteiger partial charge in [-0.3, -0.25) is 9.48 Å². The minimum absolute atomic E-state index is 0.00661. The van der Waals surface area contributed by atoms with Crippen molar-refractivity contribution in [2.24, 2.45) is 7.05 Å². The number of aromatic nitrogens is 6. The zero-order valence-corrected chi connectivity index (χ0v) is 20.9. The lowest BCUT2D eigenvalue weighted by molar-refractivity contribution is -0.125. The Morgan fingerprint density at radius 2 is 2.08 bits per heavy atom. The van der Waals surface area contributed by atoms with Crippen molar-refractivity contribution in [1.82, 2.24) is 34.6 Å². The fraction of sp³-hybridized carbons (Fsp3) is 0.185. The maximum absolute atomic E-state index is 15.1. The maximum atomic E-state index is 15.1. The Morgan fingerprint density at radius 3 is 2.76 bits per heavy atom. The molecule has 5 rings (SSSR count). The molecule has 1 aliphatic rings. The van der Waals surface area contributed by atoms with Crippen molar-refractivity contribution >= 4 is 23.1 Å². The van der Waals surface area contributed by atoms with Gasteiger partial charge in [0, 0.05) is 50.0 Å². The molecular formula is C27H25FN8O2. The number of carbonyl (C=O) groups is 1. The summed E-state index contributed by atoms with van der Waals surface area (Å²) in [6.45, 7) is 6.31. The molecule has 3 aromatic heterocycles. The van der Waals surface area contributed by atoms with E-state index in [1.165, 1.54) is 18.2 Å². The molecule has 0 fully saturated rings. The quantitative estimate of drug-likeness (QED) is 0.362. The molecule has 1 aliphatic heterocycles. The SMILES string of the molecule is C=CC(=O)N1CC=C(c2nc(Nc3cnn(C)c3)ncc2-c2ccc(Oc3nccc(C)n3)c(F)c2)CC1. The van der Waals surface area contributed by atoms with Crippen LogP contribution in [0.3, 0.4) is 0 Å². The van der Waals surface area contributed by atoms with Crippen LogP contribution in [0.25, 0.3) is 16.7 Å². The van der Waals surface area contributed by atoms with Gasteiger partial charge in [-0.2, -0.15) is 5.10 Å². The van der Waals surface area contributed by atoms with Gasteiger partial charge >= 0.3 is 6.01 Å². The van der Waals surface area contributed by atoms with E-state index in [4.69, 9.17) is 9.72 Å². The van der Waals surface area contributed by atoms with Gasteiger partial charge in [0.15, 0.2) is 11.6 Å². The molecule has 0 bridgehead atoms. The molecule has 0 unspecified atom stereocenters. The number of benzene rings is 1. The molecule has 0 spiro atoms. The highest BCUT2D eigenvalue weighted by molar-refractivity contribution is 5.88. The van der Waals surface area contributed by atoms with Gasteiger partial charge in [-0.25, -0.2) is 24.3 Å². The average molecular weight is 513 g/mol. The van der Waals surface area contributed by atoms with E-state index in [-0.39, 0.29) is 17.7 Å². The molecule has 0 saturated heterocycles. The number of halogens is 1. The van der Waals surface area contributed by atoms with Gasteiger partial charge in [0.05, 0.1) is 17.6 Å². The van der Waals surface area contributed by atoms with Crippen molar-refractivity contribution in [3.05, 3.63) is 85.0 Å². The van der Waals surface area contributed by atoms with Crippen LogP contribution in [0.1, 0.15) is 17.8 Å². The second-order valence-electron chi connectivity index (χ2n) is 8.68. The molecular weight excluding hydrogens is 487 g/mol. The van der Waals surface area contributed by atoms with Crippen LogP contribution in [0.2, 0.25) is 0 Å². The molecule has 1 aromatic carbocycles. The van der Waals surface area contributed by atoms with Gasteiger partial charge in [0.25, 0.3) is 0 Å². The summed E-state index contributed by atoms with van der Waals surface area (Å²) < 4.78 is 22.4. The van der Waals surface area contributed by atoms with E-state index in [2.05, 4.69) is 31.9 Å². The van der Waals surface area contributed by atoms with E-state index in [0.717, 1.165) is 11.3 Å². The third kappa shape index (κ3) is 5.41. The predicted molar refractivity (Wildman–Crippen MR) is 140 cm³/mol. The van der Waals surface area contributed by atoms with Crippen LogP contribution >= 0.6 is 0 Å². The van der Waals surface area contributed by atoms with Crippen LogP contribution in [-0.4, -0.2) is 53.6 Å². The number of amides is 1. The smallest absolute Gasteiger partial charge is 0.322 e. The first-order valence-corrected chi connectivity index (χ1v) is 11.9. The van der Waals surface area contributed by atoms with Crippen molar-refractivity contribution < 1.29 is 13.9 Å². The lowest BCUT2D eigenvalue weighted by Crippen LogP contribution is -2.33. The number of nitrogens with zero attached hydrogens (tertiary/aromatic N) is 7. The Kier molecular flexibility index (Phi) is 6.90. The molecule has 10 nitrogen and oxygen atoms in total. The minimum Gasteiger partial charge on any atom is -0.421 e. The fourth-order valence-corrected chi connectivity index (χ4v) is 4.05. The van der Waals surface area contributed by atoms with E-state index in [1.807, 2.05) is 19.3 Å². The molecule has 1 amide bonds. The Hall–Kier alpha value is -4.93. The summed E-state index contributed by atoms with van der Waals surface area (Å²) in [6, 6.07) is 6.44. The molecule has 11 heteroatoms. The number of anilines is 2. The third-order valence-corrected chi connectivity index (χ3v) is 5.97. The highest BCUT2D eigenvalue weighted by Gasteiger charge is 2.21. The van der Waals surface area contributed by atoms with Crippen LogP contribution in [0.5, 0.6) is 11.8 Å². The zero-order chi connectivity index (χ0) is 26.6. The Bertz CT molecular complexity index is 1550. The van der Waals surface area contributed by atoms with Crippen molar-refractivity contribution in [2.75, 3.05) is 18.4 Å². The van der Waals surface area contributed by atoms with Crippen LogP contribution in [0, 0.1) is 12.7 Å². The number of ether oxygens (including phenoxy) is 1. The largest absolute Gasteiger partial charge is 0.421 e. The van der Waals surface area contributed by atoms with Crippen LogP contribution in [0.4, 0.5) is 16.0 Å². The molecule has 0 aliphatic carbocycles. The number of rotatable bonds is 7. The monoisotopic (exact) mass is 512 g/mol. The first kappa shape index (κ1) is 24.8. The standard InChI is InChI=1S/C27H25FN8O2/c1-4-24(37)36-11-8-18(9-12-36)25-21(15-30-26(34-25)33-20-14-31-35(3)16-20)19-5-6-23(22(28)13-19)38-27-29-10-7-17(2)32-27/h4-8,10,13-16H,1,9,11-12H2,2-3H3,(H,30,33,34). The lowest BCUT2D eigenvalue weighted by atomic mass is 9.96. The number of aryl methyl sites for hydroxylation is 2. The first-order chi connectivity index (χ1) is 18.4. The van der Waals surface area contributed by atoms with Crippen molar-refractivity contribution in [3.63, 3.8) is 0 Å². The van der Waals surface area contributed by atoms with Crippen molar-refractivity contribution in [1.29, 1.82) is 0 Å². The molecule has 0 saturated carbocycles. The summed E-state index contributed by atoms with van der Waals surface area (Å²) in [5.74, 6) is -0.319. The number of nitrogens with one attached hydrogen (secondary N) is 1. The molecule has 4 heterocycles. The summed E-state index contributed by atoms with van der Waals surface area (Å²) in [5.41, 5.74) is 4.24. The number of hydrogen-bond donors (Lipinski definition) is 1. The van der Waals surface area contributed by atoms with Gasteiger partial charge in [0.2, 0.25) is 11.9 Å². The normalized spacial score (nSPS) is 13.1. The molecule has 1 N–H and O–H groups in total. The van der Waals surface area contributed by atoms with E-state index >= 15 is 4.39 Å². The Labute approximate surface area is 218 Å². The predicted octanol–water partition coefficient (Wildman–Crippen LogP) is 4.45. The topological polar surface area (TPSA) is 111 Å². The Balaban J connectivity index is 1.49. The Morgan fingerprint density at radius 1 is 1.21 bits per heavy atom. The van der Waals surface area contributed by atoms with E-state index in [1.54, 1.807) is 47.2 Å². The highest BCUT2D eigenvalue weighted by atomic mass is 19.1. The second-order valence-corrected chi connectivity index (χ2v) is 8.68. The number of carbonyl (C=O) groups excluding carboxylic acids is 1. The zero-order valence-electron chi connectivity index (χ0n) is 20.9. The first-order valence-electron chi connectivity index (χ1n) is 11.9. The fourth-order valence-electron chi connectivity index (χ4n) is 4.05. The molecule has 4 aromatic rings. The van der Waals surface area contributed by atoms with Gasteiger partial charge in [-0.15, -0.1) is 0 Å². The van der Waals surface area contributed by atoms with Gasteiger partial charge in [-0.1, -0.05) is 18.7 Å². The second kappa shape index (κ2) is 10.6. The average Bonchev–Trinajstić information content (AvgIpc) is 3.33. The summed E-state index contributed by atoms with van der Waals surface area (Å²) in [5, 5.41) is 7.31. The van der Waals surface area contributed by atoms with Crippen molar-refractivity contribution in [2.45, 2.75) is 13.3 Å². The lowest BCUT2D eigenvalue weighted by Gasteiger charge is -2.26. The minimum atomic E-state index is -0.573. The summed E-state index contributed by atoms with van der Waals surface area (Å²) in [4.78, 5) is 31.2. The molecule has 192 valence electrons. The third-order valence-electron chi connectivity index (χ3n) is 5.97. The van der Waals surface area contributed by atoms with Gasteiger partial charge < -0.3 is 15.0 Å². The van der Waals surface area contributed by atoms with Gasteiger partial charge in [-0.05, 0) is 48.8 Å². The van der Waals surface area contributed by atoms with E-state index in [0.29, 0.717) is 48.0 Å². The molecule has 0 radical (unpaired) electrons. The maximum Gasteiger partial charge on any atom is 0.322 e. The van der Waals surface area contributed by atoms with Gasteiger partial charge in [0.1, 0.15) is 0 Å². The summed E-state index contributed by atoms with van der Waals surface area (Å²) >= 11 is 0. The molecule has 0 atom stereocenters. The van der Waals surface area contributed by atoms with Crippen LogP contribution in [0.15, 0.2) is 67.8 Å². The summed E-state index contributed by atoms with van der Waals surface area (Å²) in [6.07, 6.45) is 10.5. The van der Waals surface area contributed by atoms with E-state index in [9.17, 15) is 4.79 Å². The highest BCUT2D eigenvalue weighted by Crippen LogP contribution is 2.34. The van der Waals surface area contributed by atoms with E-state index < -0.39 is 5.82 Å². The van der Waals surface area contributed by atoms with Crippen molar-refractivity contribution in [3.8, 4) is 22.9 Å².